The van der Waals surface area contributed by atoms with Crippen LogP contribution in [0.5, 0.6) is 0 Å². The first-order valence-corrected chi connectivity index (χ1v) is 10.9. The fourth-order valence-electron chi connectivity index (χ4n) is 4.72. The summed E-state index contributed by atoms with van der Waals surface area (Å²) in [4.78, 5) is 36.6. The first kappa shape index (κ1) is 24.4. The minimum Gasteiger partial charge on any atom is -0.461 e. The van der Waals surface area contributed by atoms with Gasteiger partial charge < -0.3 is 28.8 Å². The van der Waals surface area contributed by atoms with Crippen molar-refractivity contribution in [3.05, 3.63) is 23.3 Å². The third-order valence-electron chi connectivity index (χ3n) is 6.50. The maximum atomic E-state index is 12.7. The van der Waals surface area contributed by atoms with Gasteiger partial charge in [-0.15, -0.1) is 0 Å². The monoisotopic (exact) mass is 452 g/mol. The lowest BCUT2D eigenvalue weighted by molar-refractivity contribution is -0.289. The van der Waals surface area contributed by atoms with Crippen molar-refractivity contribution in [2.75, 3.05) is 13.2 Å². The molecule has 9 heteroatoms. The smallest absolute Gasteiger partial charge is 0.338 e. The summed E-state index contributed by atoms with van der Waals surface area (Å²) in [6.45, 7) is 11.9. The van der Waals surface area contributed by atoms with E-state index in [0.29, 0.717) is 19.4 Å². The summed E-state index contributed by atoms with van der Waals surface area (Å²) < 4.78 is 28.8. The summed E-state index contributed by atoms with van der Waals surface area (Å²) in [7, 11) is 0. The van der Waals surface area contributed by atoms with Gasteiger partial charge in [0.1, 0.15) is 18.8 Å². The molecule has 0 spiro atoms. The van der Waals surface area contributed by atoms with Crippen molar-refractivity contribution in [2.45, 2.75) is 83.6 Å². The number of hydrogen-bond acceptors (Lipinski definition) is 9. The van der Waals surface area contributed by atoms with Gasteiger partial charge >= 0.3 is 17.9 Å². The van der Waals surface area contributed by atoms with Crippen LogP contribution >= 0.6 is 0 Å². The van der Waals surface area contributed by atoms with Gasteiger partial charge in [0.15, 0.2) is 11.9 Å². The van der Waals surface area contributed by atoms with Crippen molar-refractivity contribution < 1.29 is 43.2 Å². The highest BCUT2D eigenvalue weighted by Gasteiger charge is 2.60. The predicted molar refractivity (Wildman–Crippen MR) is 111 cm³/mol. The van der Waals surface area contributed by atoms with Crippen LogP contribution in [0.2, 0.25) is 0 Å². The summed E-state index contributed by atoms with van der Waals surface area (Å²) in [6.07, 6.45) is -2.06. The number of fused-ring (bicyclic) bond motifs is 3. The first-order valence-electron chi connectivity index (χ1n) is 10.9. The SMILES string of the molecule is C=C(C)C(=O)O[C@H]1C[C@@H](C)[C@@]2(OCC)CC[C@@](C)(O2)[C@@H](O)[C@H]2OC(=O)C(COC(C)=O)=C12. The van der Waals surface area contributed by atoms with E-state index in [0.717, 1.165) is 0 Å². The van der Waals surface area contributed by atoms with Crippen LogP contribution in [0.1, 0.15) is 53.9 Å². The van der Waals surface area contributed by atoms with E-state index in [-0.39, 0.29) is 35.7 Å². The van der Waals surface area contributed by atoms with E-state index in [1.54, 1.807) is 6.92 Å². The van der Waals surface area contributed by atoms with E-state index in [9.17, 15) is 19.5 Å². The molecule has 0 amide bonds. The zero-order valence-corrected chi connectivity index (χ0v) is 19.3. The van der Waals surface area contributed by atoms with Crippen molar-refractivity contribution >= 4 is 17.9 Å². The van der Waals surface area contributed by atoms with Gasteiger partial charge in [-0.05, 0) is 33.6 Å². The molecule has 1 N–H and O–H groups in total. The summed E-state index contributed by atoms with van der Waals surface area (Å²) in [5.41, 5.74) is -0.535. The van der Waals surface area contributed by atoms with E-state index in [1.807, 2.05) is 13.8 Å². The largest absolute Gasteiger partial charge is 0.461 e. The van der Waals surface area contributed by atoms with Crippen LogP contribution in [-0.2, 0) is 38.1 Å². The molecule has 6 atom stereocenters. The zero-order chi connectivity index (χ0) is 23.8. The summed E-state index contributed by atoms with van der Waals surface area (Å²) >= 11 is 0. The highest BCUT2D eigenvalue weighted by atomic mass is 16.7. The number of ether oxygens (including phenoxy) is 5. The second-order valence-electron chi connectivity index (χ2n) is 8.96. The minimum absolute atomic E-state index is 0.0581. The molecule has 0 aromatic carbocycles. The van der Waals surface area contributed by atoms with E-state index in [4.69, 9.17) is 23.7 Å². The molecule has 0 aromatic heterocycles. The fourth-order valence-corrected chi connectivity index (χ4v) is 4.72. The molecule has 0 aromatic rings. The quantitative estimate of drug-likeness (QED) is 0.366. The molecule has 3 aliphatic rings. The van der Waals surface area contributed by atoms with Crippen molar-refractivity contribution in [1.82, 2.24) is 0 Å². The Labute approximate surface area is 187 Å². The van der Waals surface area contributed by atoms with Gasteiger partial charge in [-0.3, -0.25) is 4.79 Å². The Morgan fingerprint density at radius 1 is 1.28 bits per heavy atom. The molecule has 2 fully saturated rings. The molecule has 3 aliphatic heterocycles. The van der Waals surface area contributed by atoms with Crippen LogP contribution in [-0.4, -0.2) is 65.9 Å². The van der Waals surface area contributed by atoms with Crippen LogP contribution in [0.15, 0.2) is 23.3 Å². The Hall–Kier alpha value is -2.23. The molecule has 0 aliphatic carbocycles. The molecular weight excluding hydrogens is 420 g/mol. The second kappa shape index (κ2) is 8.96. The summed E-state index contributed by atoms with van der Waals surface area (Å²) in [6, 6.07) is 0. The maximum Gasteiger partial charge on any atom is 0.338 e. The van der Waals surface area contributed by atoms with Crippen molar-refractivity contribution in [3.8, 4) is 0 Å². The Kier molecular flexibility index (Phi) is 6.83. The molecule has 9 nitrogen and oxygen atoms in total. The fraction of sp³-hybridized carbons (Fsp3) is 0.696. The molecule has 2 saturated heterocycles. The Morgan fingerprint density at radius 2 is 1.97 bits per heavy atom. The van der Waals surface area contributed by atoms with E-state index >= 15 is 0 Å². The molecular formula is C23H32O9. The van der Waals surface area contributed by atoms with Crippen LogP contribution in [0, 0.1) is 5.92 Å². The summed E-state index contributed by atoms with van der Waals surface area (Å²) in [5.74, 6) is -3.20. The maximum absolute atomic E-state index is 12.7. The van der Waals surface area contributed by atoms with E-state index in [1.165, 1.54) is 13.8 Å². The third-order valence-corrected chi connectivity index (χ3v) is 6.50. The normalized spacial score (nSPS) is 36.5. The molecule has 0 unspecified atom stereocenters. The molecule has 3 heterocycles. The average Bonchev–Trinajstić information content (AvgIpc) is 3.23. The van der Waals surface area contributed by atoms with Crippen molar-refractivity contribution in [1.29, 1.82) is 0 Å². The second-order valence-corrected chi connectivity index (χ2v) is 8.96. The minimum atomic E-state index is -1.25. The molecule has 3 rings (SSSR count). The lowest BCUT2D eigenvalue weighted by Gasteiger charge is -2.38. The number of aliphatic hydroxyl groups is 1. The van der Waals surface area contributed by atoms with Gasteiger partial charge in [0, 0.05) is 37.0 Å². The lowest BCUT2D eigenvalue weighted by Crippen LogP contribution is -2.50. The van der Waals surface area contributed by atoms with Gasteiger partial charge in [0.2, 0.25) is 0 Å². The van der Waals surface area contributed by atoms with E-state index < -0.39 is 47.6 Å². The topological polar surface area (TPSA) is 118 Å². The molecule has 2 bridgehead atoms. The van der Waals surface area contributed by atoms with Gasteiger partial charge in [-0.25, -0.2) is 9.59 Å². The average molecular weight is 453 g/mol. The van der Waals surface area contributed by atoms with Gasteiger partial charge in [0.25, 0.3) is 0 Å². The first-order chi connectivity index (χ1) is 14.9. The van der Waals surface area contributed by atoms with Crippen LogP contribution in [0.4, 0.5) is 0 Å². The third kappa shape index (κ3) is 4.33. The van der Waals surface area contributed by atoms with Crippen molar-refractivity contribution in [3.63, 3.8) is 0 Å². The predicted octanol–water partition coefficient (Wildman–Crippen LogP) is 1.96. The van der Waals surface area contributed by atoms with Gasteiger partial charge in [-0.2, -0.15) is 0 Å². The molecule has 32 heavy (non-hydrogen) atoms. The van der Waals surface area contributed by atoms with Gasteiger partial charge in [-0.1, -0.05) is 13.5 Å². The number of aliphatic hydroxyl groups excluding tert-OH is 1. The zero-order valence-electron chi connectivity index (χ0n) is 19.3. The summed E-state index contributed by atoms with van der Waals surface area (Å²) in [5, 5.41) is 11.3. The van der Waals surface area contributed by atoms with E-state index in [2.05, 4.69) is 6.58 Å². The van der Waals surface area contributed by atoms with Gasteiger partial charge in [0.05, 0.1) is 11.2 Å². The number of carbonyl (C=O) groups is 3. The highest BCUT2D eigenvalue weighted by molar-refractivity contribution is 5.94. The number of hydrogen-bond donors (Lipinski definition) is 1. The highest BCUT2D eigenvalue weighted by Crippen LogP contribution is 2.50. The molecule has 0 saturated carbocycles. The standard InChI is InChI=1S/C23H32O9/c1-7-29-23-9-8-22(6,32-23)19(25)18-17(15(21(27)31-18)11-28-14(5)24)16(10-13(23)4)30-20(26)12(2)3/h13,16,18-19,25H,2,7-11H2,1,3-6H3/t13-,16+,18+,19+,22-,23-/m1/s1. The Balaban J connectivity index is 2.13. The molecule has 178 valence electrons. The van der Waals surface area contributed by atoms with Crippen molar-refractivity contribution in [2.24, 2.45) is 5.92 Å². The van der Waals surface area contributed by atoms with Crippen LogP contribution in [0.3, 0.4) is 0 Å². The molecule has 0 radical (unpaired) electrons. The lowest BCUT2D eigenvalue weighted by atomic mass is 9.81. The van der Waals surface area contributed by atoms with Crippen LogP contribution in [0.25, 0.3) is 0 Å². The number of rotatable bonds is 6. The number of esters is 3. The van der Waals surface area contributed by atoms with Crippen LogP contribution < -0.4 is 0 Å². The Morgan fingerprint density at radius 3 is 2.56 bits per heavy atom. The number of carbonyl (C=O) groups excluding carboxylic acids is 3. The Bertz CT molecular complexity index is 846.